The molecular formula is C42H84O3. The maximum absolute atomic E-state index is 10.5. The molecule has 2 N–H and O–H groups in total. The molecule has 0 fully saturated rings. The van der Waals surface area contributed by atoms with E-state index in [1.54, 1.807) is 0 Å². The zero-order valence-electron chi connectivity index (χ0n) is 30.8. The van der Waals surface area contributed by atoms with Crippen LogP contribution in [0.2, 0.25) is 0 Å². The number of unbranched alkanes of at least 4 members (excludes halogenated alkanes) is 38. The van der Waals surface area contributed by atoms with Gasteiger partial charge < -0.3 is 10.2 Å². The minimum atomic E-state index is -0.649. The van der Waals surface area contributed by atoms with Gasteiger partial charge in [0.05, 0.1) is 0 Å². The fourth-order valence-corrected chi connectivity index (χ4v) is 6.93. The quantitative estimate of drug-likeness (QED) is 0.0656. The molecule has 0 saturated carbocycles. The first-order chi connectivity index (χ1) is 22.3. The highest BCUT2D eigenvalue weighted by Crippen LogP contribution is 2.17. The molecule has 0 unspecified atom stereocenters. The first-order valence-corrected chi connectivity index (χ1v) is 21.1. The first-order valence-electron chi connectivity index (χ1n) is 21.1. The normalized spacial score (nSPS) is 11.5. The van der Waals surface area contributed by atoms with Gasteiger partial charge in [-0.2, -0.15) is 0 Å². The molecule has 0 heterocycles. The molecule has 0 aromatic rings. The fourth-order valence-electron chi connectivity index (χ4n) is 6.93. The van der Waals surface area contributed by atoms with E-state index >= 15 is 0 Å². The molecule has 3 nitrogen and oxygen atoms in total. The van der Waals surface area contributed by atoms with Crippen molar-refractivity contribution in [2.45, 2.75) is 257 Å². The second-order valence-electron chi connectivity index (χ2n) is 14.7. The maximum atomic E-state index is 10.5. The summed E-state index contributed by atoms with van der Waals surface area (Å²) in [7, 11) is 0. The Balaban J connectivity index is 3.04. The predicted octanol–water partition coefficient (Wildman–Crippen LogP) is 14.7. The lowest BCUT2D eigenvalue weighted by molar-refractivity contribution is -0.137. The van der Waals surface area contributed by atoms with E-state index in [1.165, 1.54) is 231 Å². The Morgan fingerprint density at radius 2 is 0.378 bits per heavy atom. The van der Waals surface area contributed by atoms with E-state index in [1.807, 2.05) is 0 Å². The molecule has 0 amide bonds. The summed E-state index contributed by atoms with van der Waals surface area (Å²) in [4.78, 5) is 10.5. The molecule has 0 aromatic heterocycles. The zero-order chi connectivity index (χ0) is 32.6. The summed E-state index contributed by atoms with van der Waals surface area (Å²) in [6, 6.07) is 0. The second-order valence-corrected chi connectivity index (χ2v) is 14.7. The third-order valence-electron chi connectivity index (χ3n) is 10.0. The molecule has 0 bridgehead atoms. The van der Waals surface area contributed by atoms with E-state index in [2.05, 4.69) is 0 Å². The van der Waals surface area contributed by atoms with Gasteiger partial charge in [0.2, 0.25) is 0 Å². The third-order valence-corrected chi connectivity index (χ3v) is 10.0. The van der Waals surface area contributed by atoms with Crippen molar-refractivity contribution in [3.8, 4) is 0 Å². The van der Waals surface area contributed by atoms with Gasteiger partial charge in [-0.15, -0.1) is 0 Å². The van der Waals surface area contributed by atoms with Crippen LogP contribution >= 0.6 is 0 Å². The number of aliphatic carboxylic acids is 1. The standard InChI is InChI=1S/C42H84O3/c43-41-39-37-35-33-31-29-27-25-23-21-19-17-15-13-11-9-7-5-3-1-2-4-6-8-10-12-14-16-18-20-22-24-26-28-30-32-34-36-38-40-42(44)45/h43H,1-41H2,(H,44,45). The van der Waals surface area contributed by atoms with Crippen LogP contribution in [0.4, 0.5) is 0 Å². The number of hydrogen-bond donors (Lipinski definition) is 2. The highest BCUT2D eigenvalue weighted by atomic mass is 16.4. The highest BCUT2D eigenvalue weighted by molar-refractivity contribution is 5.66. The monoisotopic (exact) mass is 637 g/mol. The van der Waals surface area contributed by atoms with Crippen molar-refractivity contribution in [3.05, 3.63) is 0 Å². The average molecular weight is 637 g/mol. The number of carboxylic acids is 1. The molecule has 0 radical (unpaired) electrons. The lowest BCUT2D eigenvalue weighted by atomic mass is 10.0. The molecule has 0 aliphatic carbocycles. The van der Waals surface area contributed by atoms with Crippen molar-refractivity contribution < 1.29 is 15.0 Å². The second kappa shape index (κ2) is 41.5. The topological polar surface area (TPSA) is 57.5 Å². The fraction of sp³-hybridized carbons (Fsp3) is 0.976. The first kappa shape index (κ1) is 44.4. The Morgan fingerprint density at radius 1 is 0.244 bits per heavy atom. The molecule has 3 heteroatoms. The van der Waals surface area contributed by atoms with Crippen LogP contribution in [0.25, 0.3) is 0 Å². The average Bonchev–Trinajstić information content (AvgIpc) is 3.03. The van der Waals surface area contributed by atoms with Crippen molar-refractivity contribution in [2.75, 3.05) is 6.61 Å². The smallest absolute Gasteiger partial charge is 0.303 e. The van der Waals surface area contributed by atoms with Gasteiger partial charge in [0.25, 0.3) is 0 Å². The Kier molecular flexibility index (Phi) is 40.9. The molecule has 0 aliphatic heterocycles. The predicted molar refractivity (Wildman–Crippen MR) is 199 cm³/mol. The largest absolute Gasteiger partial charge is 0.481 e. The van der Waals surface area contributed by atoms with Gasteiger partial charge in [-0.3, -0.25) is 4.79 Å². The van der Waals surface area contributed by atoms with Gasteiger partial charge in [-0.25, -0.2) is 0 Å². The Morgan fingerprint density at radius 3 is 0.511 bits per heavy atom. The molecule has 0 saturated heterocycles. The number of carbonyl (C=O) groups is 1. The van der Waals surface area contributed by atoms with Gasteiger partial charge in [-0.05, 0) is 12.8 Å². The number of aliphatic hydroxyl groups excluding tert-OH is 1. The van der Waals surface area contributed by atoms with Crippen LogP contribution < -0.4 is 0 Å². The Labute approximate surface area is 283 Å². The van der Waals surface area contributed by atoms with Crippen LogP contribution in [-0.4, -0.2) is 22.8 Å². The minimum absolute atomic E-state index is 0.345. The van der Waals surface area contributed by atoms with E-state index in [4.69, 9.17) is 10.2 Å². The number of aliphatic hydroxyl groups is 1. The Hall–Kier alpha value is -0.570. The highest BCUT2D eigenvalue weighted by Gasteiger charge is 1.99. The van der Waals surface area contributed by atoms with Gasteiger partial charge in [0.15, 0.2) is 0 Å². The lowest BCUT2D eigenvalue weighted by Crippen LogP contribution is -1.93. The van der Waals surface area contributed by atoms with Crippen LogP contribution in [0.1, 0.15) is 257 Å². The van der Waals surface area contributed by atoms with Gasteiger partial charge >= 0.3 is 5.97 Å². The van der Waals surface area contributed by atoms with Crippen LogP contribution in [0.5, 0.6) is 0 Å². The number of carboxylic acid groups (broad SMARTS) is 1. The third kappa shape index (κ3) is 43.4. The molecule has 0 rings (SSSR count). The lowest BCUT2D eigenvalue weighted by Gasteiger charge is -2.05. The molecule has 45 heavy (non-hydrogen) atoms. The van der Waals surface area contributed by atoms with Gasteiger partial charge in [-0.1, -0.05) is 238 Å². The van der Waals surface area contributed by atoms with Crippen molar-refractivity contribution >= 4 is 5.97 Å². The SMILES string of the molecule is O=C(O)CCCCCCCCCCCCCCCCCCCCCCCCCCCCCCCCCCCCCCCCCO. The Bertz CT molecular complexity index is 534. The molecule has 0 atom stereocenters. The van der Waals surface area contributed by atoms with E-state index in [0.717, 1.165) is 19.3 Å². The molecule has 0 aromatic carbocycles. The summed E-state index contributed by atoms with van der Waals surface area (Å²) in [6.07, 6.45) is 54.5. The maximum Gasteiger partial charge on any atom is 0.303 e. The van der Waals surface area contributed by atoms with E-state index < -0.39 is 5.97 Å². The molecule has 0 aliphatic rings. The van der Waals surface area contributed by atoms with E-state index in [9.17, 15) is 4.79 Å². The van der Waals surface area contributed by atoms with E-state index in [0.29, 0.717) is 13.0 Å². The van der Waals surface area contributed by atoms with Crippen LogP contribution in [0.3, 0.4) is 0 Å². The number of rotatable bonds is 41. The minimum Gasteiger partial charge on any atom is -0.481 e. The summed E-state index contributed by atoms with van der Waals surface area (Å²) in [6.45, 7) is 0.369. The summed E-state index contributed by atoms with van der Waals surface area (Å²) in [5, 5.41) is 17.4. The van der Waals surface area contributed by atoms with Gasteiger partial charge in [0, 0.05) is 13.0 Å². The van der Waals surface area contributed by atoms with Crippen molar-refractivity contribution in [3.63, 3.8) is 0 Å². The summed E-state index contributed by atoms with van der Waals surface area (Å²) < 4.78 is 0. The summed E-state index contributed by atoms with van der Waals surface area (Å²) in [5.41, 5.74) is 0. The molecule has 0 spiro atoms. The van der Waals surface area contributed by atoms with Gasteiger partial charge in [0.1, 0.15) is 0 Å². The zero-order valence-corrected chi connectivity index (χ0v) is 30.8. The van der Waals surface area contributed by atoms with Crippen molar-refractivity contribution in [1.29, 1.82) is 0 Å². The number of hydrogen-bond acceptors (Lipinski definition) is 2. The van der Waals surface area contributed by atoms with E-state index in [-0.39, 0.29) is 0 Å². The van der Waals surface area contributed by atoms with Crippen LogP contribution in [0.15, 0.2) is 0 Å². The van der Waals surface area contributed by atoms with Crippen LogP contribution in [0, 0.1) is 0 Å². The van der Waals surface area contributed by atoms with Crippen LogP contribution in [-0.2, 0) is 4.79 Å². The molecular weight excluding hydrogens is 552 g/mol. The summed E-state index contributed by atoms with van der Waals surface area (Å²) in [5.74, 6) is -0.649. The van der Waals surface area contributed by atoms with Crippen molar-refractivity contribution in [2.24, 2.45) is 0 Å². The molecule has 270 valence electrons. The summed E-state index contributed by atoms with van der Waals surface area (Å²) >= 11 is 0. The van der Waals surface area contributed by atoms with Crippen molar-refractivity contribution in [1.82, 2.24) is 0 Å².